The van der Waals surface area contributed by atoms with Crippen LogP contribution in [-0.2, 0) is 0 Å². The van der Waals surface area contributed by atoms with E-state index in [1.807, 2.05) is 0 Å². The van der Waals surface area contributed by atoms with Crippen molar-refractivity contribution in [2.45, 2.75) is 0 Å². The van der Waals surface area contributed by atoms with Crippen LogP contribution in [0.2, 0.25) is 0 Å². The minimum absolute atomic E-state index is 0.157. The third-order valence-corrected chi connectivity index (χ3v) is 1.35. The molecule has 0 amide bonds. The minimum Gasteiger partial charge on any atom is -0.382 e. The Balaban J connectivity index is 2.72. The van der Waals surface area contributed by atoms with E-state index in [-0.39, 0.29) is 5.84 Å². The van der Waals surface area contributed by atoms with E-state index in [9.17, 15) is 0 Å². The summed E-state index contributed by atoms with van der Waals surface area (Å²) in [6, 6.07) is 0. The molecule has 2 rings (SSSR count). The predicted molar refractivity (Wildman–Crippen MR) is 36.1 cm³/mol. The van der Waals surface area contributed by atoms with Crippen molar-refractivity contribution in [3.8, 4) is 0 Å². The average Bonchev–Trinajstić information content (AvgIpc) is 2.39. The highest BCUT2D eigenvalue weighted by molar-refractivity contribution is 6.18. The Labute approximate surface area is 56.5 Å². The first-order valence-corrected chi connectivity index (χ1v) is 2.76. The monoisotopic (exact) mass is 135 g/mol. The lowest BCUT2D eigenvalue weighted by Crippen LogP contribution is -2.10. The molecule has 0 saturated heterocycles. The quantitative estimate of drug-likeness (QED) is 0.445. The second-order valence-electron chi connectivity index (χ2n) is 1.97. The molecule has 0 bridgehead atoms. The van der Waals surface area contributed by atoms with Gasteiger partial charge in [0.15, 0.2) is 11.7 Å². The van der Waals surface area contributed by atoms with E-state index in [1.165, 1.54) is 6.33 Å². The van der Waals surface area contributed by atoms with Gasteiger partial charge in [-0.2, -0.15) is 0 Å². The lowest BCUT2D eigenvalue weighted by atomic mass is 10.3. The van der Waals surface area contributed by atoms with Crippen LogP contribution in [0.3, 0.4) is 0 Å². The number of aromatic amines is 1. The fourth-order valence-electron chi connectivity index (χ4n) is 0.898. The summed E-state index contributed by atoms with van der Waals surface area (Å²) in [5.41, 5.74) is 6.60. The summed E-state index contributed by atoms with van der Waals surface area (Å²) in [5, 5.41) is 7.24. The van der Waals surface area contributed by atoms with Crippen LogP contribution >= 0.6 is 0 Å². The molecule has 0 unspecified atom stereocenters. The molecule has 1 aromatic rings. The second kappa shape index (κ2) is 1.44. The van der Waals surface area contributed by atoms with E-state index in [0.29, 0.717) is 17.2 Å². The molecule has 1 aliphatic rings. The summed E-state index contributed by atoms with van der Waals surface area (Å²) in [6.07, 6.45) is 1.50. The van der Waals surface area contributed by atoms with Crippen LogP contribution in [0.15, 0.2) is 11.3 Å². The number of H-pyrrole nitrogens is 1. The van der Waals surface area contributed by atoms with E-state index >= 15 is 0 Å². The molecule has 50 valence electrons. The van der Waals surface area contributed by atoms with Crippen LogP contribution < -0.4 is 5.73 Å². The zero-order chi connectivity index (χ0) is 7.14. The second-order valence-corrected chi connectivity index (χ2v) is 1.97. The van der Waals surface area contributed by atoms with E-state index in [0.717, 1.165) is 0 Å². The SMILES string of the molecule is N=C1N=C(N)c2nc[nH]c21. The van der Waals surface area contributed by atoms with Gasteiger partial charge >= 0.3 is 0 Å². The van der Waals surface area contributed by atoms with Gasteiger partial charge in [0.2, 0.25) is 0 Å². The third kappa shape index (κ3) is 0.439. The Hall–Kier alpha value is -1.65. The van der Waals surface area contributed by atoms with Crippen molar-refractivity contribution in [2.24, 2.45) is 10.7 Å². The normalized spacial score (nSPS) is 15.2. The Bertz CT molecular complexity index is 321. The van der Waals surface area contributed by atoms with Crippen molar-refractivity contribution < 1.29 is 0 Å². The van der Waals surface area contributed by atoms with Gasteiger partial charge in [0.25, 0.3) is 0 Å². The molecular weight excluding hydrogens is 130 g/mol. The lowest BCUT2D eigenvalue weighted by Gasteiger charge is -1.82. The van der Waals surface area contributed by atoms with Gasteiger partial charge in [-0.05, 0) is 0 Å². The highest BCUT2D eigenvalue weighted by atomic mass is 15.1. The molecule has 0 aliphatic carbocycles. The largest absolute Gasteiger partial charge is 0.382 e. The molecular formula is C5H5N5. The van der Waals surface area contributed by atoms with E-state index in [2.05, 4.69) is 15.0 Å². The van der Waals surface area contributed by atoms with Gasteiger partial charge in [-0.15, -0.1) is 0 Å². The molecule has 0 spiro atoms. The number of aromatic nitrogens is 2. The van der Waals surface area contributed by atoms with Crippen molar-refractivity contribution in [1.29, 1.82) is 5.41 Å². The molecule has 5 nitrogen and oxygen atoms in total. The maximum Gasteiger partial charge on any atom is 0.173 e. The number of rotatable bonds is 0. The van der Waals surface area contributed by atoms with Crippen molar-refractivity contribution in [1.82, 2.24) is 9.97 Å². The molecule has 0 fully saturated rings. The van der Waals surface area contributed by atoms with E-state index < -0.39 is 0 Å². The molecule has 10 heavy (non-hydrogen) atoms. The summed E-state index contributed by atoms with van der Waals surface area (Å²) in [4.78, 5) is 10.3. The van der Waals surface area contributed by atoms with Crippen LogP contribution in [-0.4, -0.2) is 21.6 Å². The van der Waals surface area contributed by atoms with Gasteiger partial charge in [0.05, 0.1) is 6.33 Å². The Morgan fingerprint density at radius 3 is 3.10 bits per heavy atom. The zero-order valence-corrected chi connectivity index (χ0v) is 5.05. The molecule has 4 N–H and O–H groups in total. The maximum absolute atomic E-state index is 7.24. The fourth-order valence-corrected chi connectivity index (χ4v) is 0.898. The maximum atomic E-state index is 7.24. The lowest BCUT2D eigenvalue weighted by molar-refractivity contribution is 1.28. The first-order chi connectivity index (χ1) is 4.79. The summed E-state index contributed by atoms with van der Waals surface area (Å²) < 4.78 is 0. The number of hydrogen-bond acceptors (Lipinski definition) is 3. The first-order valence-electron chi connectivity index (χ1n) is 2.76. The first kappa shape index (κ1) is 5.16. The Morgan fingerprint density at radius 1 is 1.60 bits per heavy atom. The number of nitrogens with zero attached hydrogens (tertiary/aromatic N) is 2. The van der Waals surface area contributed by atoms with Crippen molar-refractivity contribution in [3.63, 3.8) is 0 Å². The Kier molecular flexibility index (Phi) is 0.743. The molecule has 0 saturated carbocycles. The summed E-state index contributed by atoms with van der Waals surface area (Å²) in [7, 11) is 0. The van der Waals surface area contributed by atoms with Crippen LogP contribution in [0.4, 0.5) is 0 Å². The number of aliphatic imine (C=N–C) groups is 1. The number of hydrogen-bond donors (Lipinski definition) is 3. The molecule has 1 aromatic heterocycles. The minimum atomic E-state index is 0.157. The topological polar surface area (TPSA) is 90.9 Å². The third-order valence-electron chi connectivity index (χ3n) is 1.35. The molecule has 1 aliphatic heterocycles. The molecule has 0 atom stereocenters. The van der Waals surface area contributed by atoms with E-state index in [4.69, 9.17) is 11.1 Å². The zero-order valence-electron chi connectivity index (χ0n) is 5.05. The number of nitrogens with one attached hydrogen (secondary N) is 2. The van der Waals surface area contributed by atoms with Crippen LogP contribution in [0, 0.1) is 5.41 Å². The standard InChI is InChI=1S/C5H5N5/c6-4-2-3(5(7)10-4)9-1-8-2/h1H,(H,8,9)(H3,6,7,10). The van der Waals surface area contributed by atoms with Gasteiger partial charge in [0.1, 0.15) is 11.4 Å². The summed E-state index contributed by atoms with van der Waals surface area (Å²) >= 11 is 0. The van der Waals surface area contributed by atoms with Gasteiger partial charge in [-0.1, -0.05) is 0 Å². The average molecular weight is 135 g/mol. The number of imidazole rings is 1. The number of amidine groups is 2. The highest BCUT2D eigenvalue weighted by Crippen LogP contribution is 2.10. The van der Waals surface area contributed by atoms with Crippen LogP contribution in [0.1, 0.15) is 11.4 Å². The van der Waals surface area contributed by atoms with Gasteiger partial charge in [-0.3, -0.25) is 5.41 Å². The molecule has 5 heteroatoms. The summed E-state index contributed by atoms with van der Waals surface area (Å²) in [5.74, 6) is 0.478. The smallest absolute Gasteiger partial charge is 0.173 e. The van der Waals surface area contributed by atoms with Gasteiger partial charge in [-0.25, -0.2) is 9.98 Å². The van der Waals surface area contributed by atoms with Gasteiger partial charge < -0.3 is 10.7 Å². The Morgan fingerprint density at radius 2 is 2.40 bits per heavy atom. The molecule has 0 radical (unpaired) electrons. The van der Waals surface area contributed by atoms with E-state index in [1.54, 1.807) is 0 Å². The van der Waals surface area contributed by atoms with Crippen molar-refractivity contribution >= 4 is 11.7 Å². The summed E-state index contributed by atoms with van der Waals surface area (Å²) in [6.45, 7) is 0. The number of nitrogens with two attached hydrogens (primary N) is 1. The van der Waals surface area contributed by atoms with Crippen molar-refractivity contribution in [3.05, 3.63) is 17.7 Å². The fraction of sp³-hybridized carbons (Fsp3) is 0. The molecule has 2 heterocycles. The van der Waals surface area contributed by atoms with Crippen molar-refractivity contribution in [2.75, 3.05) is 0 Å². The van der Waals surface area contributed by atoms with Crippen LogP contribution in [0.5, 0.6) is 0 Å². The molecule has 0 aromatic carbocycles. The highest BCUT2D eigenvalue weighted by Gasteiger charge is 2.20. The van der Waals surface area contributed by atoms with Crippen LogP contribution in [0.25, 0.3) is 0 Å². The predicted octanol–water partition coefficient (Wildman–Crippen LogP) is -0.546. The number of fused-ring (bicyclic) bond motifs is 1. The van der Waals surface area contributed by atoms with Gasteiger partial charge in [0, 0.05) is 0 Å².